The van der Waals surface area contributed by atoms with E-state index in [0.29, 0.717) is 16.7 Å². The Labute approximate surface area is 192 Å². The van der Waals surface area contributed by atoms with Gasteiger partial charge in [-0.1, -0.05) is 22.0 Å². The molecule has 3 rings (SSSR count). The second-order valence-electron chi connectivity index (χ2n) is 5.57. The van der Waals surface area contributed by atoms with Crippen LogP contribution >= 0.6 is 28.3 Å². The van der Waals surface area contributed by atoms with Gasteiger partial charge < -0.3 is 24.3 Å². The normalized spacial score (nSPS) is 14.4. The molecule has 156 valence electrons. The molecule has 1 aromatic heterocycles. The fourth-order valence-electron chi connectivity index (χ4n) is 2.48. The lowest BCUT2D eigenvalue weighted by Gasteiger charge is -2.15. The zero-order valence-corrected chi connectivity index (χ0v) is 17.6. The summed E-state index contributed by atoms with van der Waals surface area (Å²) in [6, 6.07) is 10.8. The van der Waals surface area contributed by atoms with Crippen molar-refractivity contribution in [3.8, 4) is 11.5 Å². The maximum Gasteiger partial charge on any atom is 0.163 e. The van der Waals surface area contributed by atoms with Gasteiger partial charge in [0.05, 0.1) is 27.0 Å². The van der Waals surface area contributed by atoms with Crippen molar-refractivity contribution in [1.82, 2.24) is 9.97 Å². The Morgan fingerprint density at radius 2 is 1.69 bits per heavy atom. The summed E-state index contributed by atoms with van der Waals surface area (Å²) < 4.78 is 64.4. The molecule has 2 aromatic carbocycles. The zero-order chi connectivity index (χ0) is 24.8. The minimum absolute atomic E-state index is 0. The third-order valence-electron chi connectivity index (χ3n) is 3.67. The van der Waals surface area contributed by atoms with Crippen LogP contribution in [0.1, 0.15) is 8.22 Å². The number of benzene rings is 2. The Morgan fingerprint density at radius 1 is 0.966 bits per heavy atom. The van der Waals surface area contributed by atoms with Crippen LogP contribution < -0.4 is 14.8 Å². The van der Waals surface area contributed by atoms with Crippen LogP contribution in [0.15, 0.2) is 47.2 Å². The molecule has 7 nitrogen and oxygen atoms in total. The molecule has 29 heavy (non-hydrogen) atoms. The molecule has 3 aromatic rings. The lowest BCUT2D eigenvalue weighted by Crippen LogP contribution is -2.09. The third-order valence-corrected chi connectivity index (χ3v) is 4.17. The van der Waals surface area contributed by atoms with Crippen LogP contribution in [-0.4, -0.2) is 50.5 Å². The van der Waals surface area contributed by atoms with Crippen LogP contribution in [0.2, 0.25) is 0 Å². The van der Waals surface area contributed by atoms with Gasteiger partial charge in [0, 0.05) is 35.7 Å². The number of nitrogens with one attached hydrogen (secondary N) is 1. The molecule has 0 aliphatic heterocycles. The Bertz CT molecular complexity index is 1120. The number of hydrogen-bond acceptors (Lipinski definition) is 7. The number of halogens is 2. The highest BCUT2D eigenvalue weighted by molar-refractivity contribution is 9.10. The second-order valence-corrected chi connectivity index (χ2v) is 6.48. The van der Waals surface area contributed by atoms with Crippen molar-refractivity contribution in [2.24, 2.45) is 0 Å². The van der Waals surface area contributed by atoms with E-state index >= 15 is 0 Å². The van der Waals surface area contributed by atoms with Crippen molar-refractivity contribution in [3.63, 3.8) is 0 Å². The zero-order valence-electron chi connectivity index (χ0n) is 21.2. The van der Waals surface area contributed by atoms with Crippen LogP contribution in [0, 0.1) is 0 Å². The molecule has 0 fully saturated rings. The van der Waals surface area contributed by atoms with Gasteiger partial charge in [-0.05, 0) is 24.3 Å². The molecule has 0 spiro atoms. The van der Waals surface area contributed by atoms with E-state index in [0.717, 1.165) is 10.2 Å². The minimum atomic E-state index is -2.53. The standard InChI is InChI=1S/C20H22BrN3O4.ClH/c1-25-6-8-27-18-11-16-17(12-19(18)28-9-7-26-2)22-13-23-20(16)24-15-5-3-4-14(21)10-15;/h3-5,10-13H,6-9H2,1-2H3,(H,22,23,24);1H/i1D3,2D3;. The van der Waals surface area contributed by atoms with Crippen molar-refractivity contribution in [3.05, 3.63) is 47.2 Å². The first kappa shape index (κ1) is 15.7. The first-order valence-corrected chi connectivity index (χ1v) is 9.14. The molecule has 9 heteroatoms. The van der Waals surface area contributed by atoms with Gasteiger partial charge >= 0.3 is 0 Å². The summed E-state index contributed by atoms with van der Waals surface area (Å²) >= 11 is 3.43. The van der Waals surface area contributed by atoms with Crippen molar-refractivity contribution >= 4 is 50.7 Å². The van der Waals surface area contributed by atoms with Crippen molar-refractivity contribution in [2.45, 2.75) is 0 Å². The van der Waals surface area contributed by atoms with Gasteiger partial charge in [-0.3, -0.25) is 0 Å². The molecule has 0 atom stereocenters. The lowest BCUT2D eigenvalue weighted by molar-refractivity contribution is 0.132. The van der Waals surface area contributed by atoms with E-state index in [1.54, 1.807) is 12.1 Å². The van der Waals surface area contributed by atoms with E-state index < -0.39 is 14.1 Å². The third kappa shape index (κ3) is 6.43. The number of anilines is 2. The molecular weight excluding hydrogens is 462 g/mol. The Balaban J connectivity index is 0.00000432. The van der Waals surface area contributed by atoms with E-state index in [9.17, 15) is 0 Å². The summed E-state index contributed by atoms with van der Waals surface area (Å²) in [7, 11) is -5.06. The second kappa shape index (κ2) is 11.8. The summed E-state index contributed by atoms with van der Waals surface area (Å²) in [6.45, 7) is -0.464. The molecule has 0 saturated heterocycles. The smallest absolute Gasteiger partial charge is 0.163 e. The predicted molar refractivity (Wildman–Crippen MR) is 119 cm³/mol. The maximum atomic E-state index is 7.12. The van der Waals surface area contributed by atoms with Crippen molar-refractivity contribution in [1.29, 1.82) is 0 Å². The highest BCUT2D eigenvalue weighted by Crippen LogP contribution is 2.35. The number of methoxy groups -OCH3 is 2. The fourth-order valence-corrected chi connectivity index (χ4v) is 2.88. The monoisotopic (exact) mass is 489 g/mol. The molecule has 1 heterocycles. The summed E-state index contributed by atoms with van der Waals surface area (Å²) in [6.07, 6.45) is 1.40. The predicted octanol–water partition coefficient (Wildman–Crippen LogP) is 4.61. The molecule has 0 bridgehead atoms. The van der Waals surface area contributed by atoms with Crippen LogP contribution in [0.25, 0.3) is 10.9 Å². The van der Waals surface area contributed by atoms with Gasteiger partial charge in [-0.25, -0.2) is 9.97 Å². The largest absolute Gasteiger partial charge is 0.487 e. The fraction of sp³-hybridized carbons (Fsp3) is 0.300. The van der Waals surface area contributed by atoms with E-state index in [-0.39, 0.29) is 50.3 Å². The number of rotatable bonds is 10. The van der Waals surface area contributed by atoms with Crippen LogP contribution in [0.3, 0.4) is 0 Å². The number of nitrogens with zero attached hydrogens (tertiary/aromatic N) is 2. The van der Waals surface area contributed by atoms with Gasteiger partial charge in [0.2, 0.25) is 0 Å². The Kier molecular flexibility index (Phi) is 6.36. The summed E-state index contributed by atoms with van der Waals surface area (Å²) in [5, 5.41) is 3.86. The highest BCUT2D eigenvalue weighted by atomic mass is 79.9. The Morgan fingerprint density at radius 3 is 2.38 bits per heavy atom. The number of aromatic nitrogens is 2. The van der Waals surface area contributed by atoms with E-state index in [4.69, 9.17) is 27.2 Å². The van der Waals surface area contributed by atoms with Gasteiger partial charge in [-0.15, -0.1) is 12.4 Å². The molecule has 1 N–H and O–H groups in total. The van der Waals surface area contributed by atoms with Crippen molar-refractivity contribution in [2.75, 3.05) is 45.8 Å². The van der Waals surface area contributed by atoms with E-state index in [2.05, 4.69) is 31.2 Å². The molecule has 0 amide bonds. The number of ether oxygens (including phenoxy) is 4. The quantitative estimate of drug-likeness (QED) is 0.416. The van der Waals surface area contributed by atoms with Gasteiger partial charge in [0.15, 0.2) is 11.5 Å². The first-order valence-electron chi connectivity index (χ1n) is 11.3. The highest BCUT2D eigenvalue weighted by Gasteiger charge is 2.13. The van der Waals surface area contributed by atoms with Gasteiger partial charge in [0.25, 0.3) is 0 Å². The molecule has 0 saturated carbocycles. The van der Waals surface area contributed by atoms with Crippen LogP contribution in [0.5, 0.6) is 11.5 Å². The maximum absolute atomic E-state index is 7.12. The van der Waals surface area contributed by atoms with Gasteiger partial charge in [-0.2, -0.15) is 0 Å². The number of hydrogen-bond donors (Lipinski definition) is 1. The lowest BCUT2D eigenvalue weighted by atomic mass is 10.2. The summed E-state index contributed by atoms with van der Waals surface area (Å²) in [4.78, 5) is 8.60. The molecular formula is C20H23BrClN3O4. The summed E-state index contributed by atoms with van der Waals surface area (Å²) in [5.41, 5.74) is 1.34. The topological polar surface area (TPSA) is 74.7 Å². The number of fused-ring (bicyclic) bond motifs is 1. The van der Waals surface area contributed by atoms with Gasteiger partial charge in [0.1, 0.15) is 25.4 Å². The average Bonchev–Trinajstić information content (AvgIpc) is 2.73. The minimum Gasteiger partial charge on any atom is -0.487 e. The SMILES string of the molecule is Cl.[2H]C([2H])([2H])OCCOc1cc2ncnc(Nc3cccc(Br)c3)c2cc1OCCOC([2H])([2H])[2H]. The molecule has 0 radical (unpaired) electrons. The molecule has 0 unspecified atom stereocenters. The van der Waals surface area contributed by atoms with Crippen molar-refractivity contribution < 1.29 is 27.2 Å². The van der Waals surface area contributed by atoms with E-state index in [1.807, 2.05) is 24.3 Å². The summed E-state index contributed by atoms with van der Waals surface area (Å²) in [5.74, 6) is 1.08. The van der Waals surface area contributed by atoms with E-state index in [1.165, 1.54) is 6.33 Å². The van der Waals surface area contributed by atoms with Crippen LogP contribution in [0.4, 0.5) is 11.5 Å². The average molecular weight is 491 g/mol. The molecule has 0 aliphatic rings. The molecule has 0 aliphatic carbocycles. The van der Waals surface area contributed by atoms with Crippen LogP contribution in [-0.2, 0) is 9.47 Å². The Hall–Kier alpha value is -2.13. The first-order chi connectivity index (χ1) is 16.0.